The smallest absolute Gasteiger partial charge is 0.322 e. The minimum absolute atomic E-state index is 0.0898. The number of aryl methyl sites for hydroxylation is 1. The highest BCUT2D eigenvalue weighted by Gasteiger charge is 2.45. The van der Waals surface area contributed by atoms with Crippen LogP contribution in [-0.4, -0.2) is 57.4 Å². The van der Waals surface area contributed by atoms with E-state index < -0.39 is 28.1 Å². The molecule has 0 amide bonds. The minimum Gasteiger partial charge on any atom is -0.480 e. The summed E-state index contributed by atoms with van der Waals surface area (Å²) in [4.78, 5) is 11.1. The summed E-state index contributed by atoms with van der Waals surface area (Å²) >= 11 is 5.77. The van der Waals surface area contributed by atoms with Crippen LogP contribution in [0.5, 0.6) is 0 Å². The topological polar surface area (TPSA) is 113 Å². The Kier molecular flexibility index (Phi) is 3.56. The van der Waals surface area contributed by atoms with Gasteiger partial charge in [-0.3, -0.25) is 9.48 Å². The van der Waals surface area contributed by atoms with Crippen molar-refractivity contribution in [1.29, 1.82) is 0 Å². The van der Waals surface area contributed by atoms with Crippen LogP contribution in [0.1, 0.15) is 6.42 Å². The molecule has 1 saturated heterocycles. The molecule has 1 unspecified atom stereocenters. The predicted molar refractivity (Wildman–Crippen MR) is 64.2 cm³/mol. The maximum Gasteiger partial charge on any atom is 0.322 e. The first-order chi connectivity index (χ1) is 8.75. The first-order valence-corrected chi connectivity index (χ1v) is 7.17. The Morgan fingerprint density at radius 1 is 1.58 bits per heavy atom. The zero-order chi connectivity index (χ0) is 14.4. The second-order valence-corrected chi connectivity index (χ2v) is 6.45. The Morgan fingerprint density at radius 2 is 2.21 bits per heavy atom. The molecule has 19 heavy (non-hydrogen) atoms. The number of sulfonamides is 1. The SMILES string of the molecule is Cn1ncc(Cl)c1S(=O)(=O)N1CC(O)C[C@H]1C(=O)O. The molecule has 2 atom stereocenters. The van der Waals surface area contributed by atoms with Gasteiger partial charge in [-0.1, -0.05) is 11.6 Å². The molecule has 0 spiro atoms. The van der Waals surface area contributed by atoms with Gasteiger partial charge in [0.05, 0.1) is 17.3 Å². The van der Waals surface area contributed by atoms with Crippen LogP contribution in [0.4, 0.5) is 0 Å². The number of hydrogen-bond donors (Lipinski definition) is 2. The van der Waals surface area contributed by atoms with Gasteiger partial charge >= 0.3 is 5.97 Å². The number of aliphatic hydroxyl groups is 1. The average Bonchev–Trinajstić information content (AvgIpc) is 2.83. The third-order valence-corrected chi connectivity index (χ3v) is 5.30. The Labute approximate surface area is 114 Å². The first kappa shape index (κ1) is 14.3. The second-order valence-electron chi connectivity index (χ2n) is 4.24. The van der Waals surface area contributed by atoms with Crippen LogP contribution in [0.15, 0.2) is 11.2 Å². The molecule has 1 aliphatic heterocycles. The molecule has 1 aliphatic rings. The maximum absolute atomic E-state index is 12.4. The van der Waals surface area contributed by atoms with E-state index in [0.717, 1.165) is 15.2 Å². The van der Waals surface area contributed by atoms with Crippen molar-refractivity contribution >= 4 is 27.6 Å². The van der Waals surface area contributed by atoms with E-state index in [1.165, 1.54) is 7.05 Å². The molecule has 2 rings (SSSR count). The summed E-state index contributed by atoms with van der Waals surface area (Å²) in [5.74, 6) is -1.31. The first-order valence-electron chi connectivity index (χ1n) is 5.35. The van der Waals surface area contributed by atoms with Crippen LogP contribution in [0.25, 0.3) is 0 Å². The van der Waals surface area contributed by atoms with Gasteiger partial charge in [0.1, 0.15) is 6.04 Å². The fourth-order valence-corrected chi connectivity index (χ4v) is 4.32. The number of aliphatic hydroxyl groups excluding tert-OH is 1. The summed E-state index contributed by atoms with van der Waals surface area (Å²) in [6.07, 6.45) is 0.00341. The van der Waals surface area contributed by atoms with E-state index >= 15 is 0 Å². The molecule has 1 fully saturated rings. The molecule has 1 aromatic heterocycles. The van der Waals surface area contributed by atoms with Gasteiger partial charge in [0.25, 0.3) is 10.0 Å². The van der Waals surface area contributed by atoms with Crippen molar-refractivity contribution in [2.24, 2.45) is 7.05 Å². The standard InChI is InChI=1S/C9H12ClN3O5S/c1-12-8(6(10)3-11-12)19(17,18)13-4-5(14)2-7(13)9(15)16/h3,5,7,14H,2,4H2,1H3,(H,15,16)/t5?,7-/m0/s1. The normalized spacial score (nSPS) is 24.8. The Balaban J connectivity index is 2.48. The summed E-state index contributed by atoms with van der Waals surface area (Å²) in [6.45, 7) is -0.277. The van der Waals surface area contributed by atoms with Crippen molar-refractivity contribution in [3.8, 4) is 0 Å². The highest BCUT2D eigenvalue weighted by atomic mass is 35.5. The lowest BCUT2D eigenvalue weighted by molar-refractivity contribution is -0.140. The van der Waals surface area contributed by atoms with E-state index in [0.29, 0.717) is 0 Å². The van der Waals surface area contributed by atoms with Gasteiger partial charge in [-0.25, -0.2) is 8.42 Å². The number of halogens is 1. The molecule has 106 valence electrons. The van der Waals surface area contributed by atoms with Crippen LogP contribution in [0, 0.1) is 0 Å². The molecular weight excluding hydrogens is 298 g/mol. The lowest BCUT2D eigenvalue weighted by Crippen LogP contribution is -2.41. The fraction of sp³-hybridized carbons (Fsp3) is 0.556. The number of β-amino-alcohol motifs (C(OH)–C–C–N with tert-alkyl or cyclic N) is 1. The Morgan fingerprint density at radius 3 is 2.68 bits per heavy atom. The molecule has 0 bridgehead atoms. The lowest BCUT2D eigenvalue weighted by atomic mass is 10.2. The van der Waals surface area contributed by atoms with E-state index in [-0.39, 0.29) is 23.0 Å². The van der Waals surface area contributed by atoms with E-state index in [2.05, 4.69) is 5.10 Å². The molecule has 2 heterocycles. The highest BCUT2D eigenvalue weighted by Crippen LogP contribution is 2.29. The maximum atomic E-state index is 12.4. The van der Waals surface area contributed by atoms with Gasteiger partial charge in [-0.2, -0.15) is 9.40 Å². The van der Waals surface area contributed by atoms with E-state index in [1.54, 1.807) is 0 Å². The number of carboxylic acid groups (broad SMARTS) is 1. The van der Waals surface area contributed by atoms with Crippen LogP contribution >= 0.6 is 11.6 Å². The van der Waals surface area contributed by atoms with Gasteiger partial charge in [0.2, 0.25) is 0 Å². The van der Waals surface area contributed by atoms with Gasteiger partial charge in [0, 0.05) is 20.0 Å². The van der Waals surface area contributed by atoms with Crippen LogP contribution in [0.2, 0.25) is 5.02 Å². The van der Waals surface area contributed by atoms with Crippen molar-refractivity contribution in [2.45, 2.75) is 23.6 Å². The summed E-state index contributed by atoms with van der Waals surface area (Å²) in [7, 11) is -2.73. The number of nitrogens with zero attached hydrogens (tertiary/aromatic N) is 3. The molecule has 8 nitrogen and oxygen atoms in total. The third-order valence-electron chi connectivity index (χ3n) is 2.91. The summed E-state index contributed by atoms with van der Waals surface area (Å²) < 4.78 is 26.6. The number of hydrogen-bond acceptors (Lipinski definition) is 5. The number of carbonyl (C=O) groups is 1. The number of carboxylic acids is 1. The zero-order valence-corrected chi connectivity index (χ0v) is 11.5. The number of aromatic nitrogens is 2. The van der Waals surface area contributed by atoms with Crippen LogP contribution in [0.3, 0.4) is 0 Å². The Bertz CT molecular complexity index is 594. The van der Waals surface area contributed by atoms with Crippen LogP contribution in [-0.2, 0) is 21.9 Å². The molecule has 0 radical (unpaired) electrons. The largest absolute Gasteiger partial charge is 0.480 e. The molecule has 1 aromatic rings. The molecular formula is C9H12ClN3O5S. The van der Waals surface area contributed by atoms with E-state index in [1.807, 2.05) is 0 Å². The van der Waals surface area contributed by atoms with Gasteiger partial charge in [0.15, 0.2) is 5.03 Å². The number of aliphatic carboxylic acids is 1. The molecule has 0 aliphatic carbocycles. The second kappa shape index (κ2) is 4.75. The van der Waals surface area contributed by atoms with Crippen molar-refractivity contribution in [3.63, 3.8) is 0 Å². The minimum atomic E-state index is -4.12. The molecule has 0 aromatic carbocycles. The average molecular weight is 310 g/mol. The fourth-order valence-electron chi connectivity index (χ4n) is 2.08. The lowest BCUT2D eigenvalue weighted by Gasteiger charge is -2.20. The molecule has 0 saturated carbocycles. The van der Waals surface area contributed by atoms with Gasteiger partial charge in [-0.15, -0.1) is 0 Å². The zero-order valence-electron chi connectivity index (χ0n) is 9.89. The highest BCUT2D eigenvalue weighted by molar-refractivity contribution is 7.89. The van der Waals surface area contributed by atoms with Crippen LogP contribution < -0.4 is 0 Å². The van der Waals surface area contributed by atoms with E-state index in [9.17, 15) is 18.3 Å². The molecule has 2 N–H and O–H groups in total. The van der Waals surface area contributed by atoms with E-state index in [4.69, 9.17) is 16.7 Å². The van der Waals surface area contributed by atoms with Gasteiger partial charge < -0.3 is 10.2 Å². The predicted octanol–water partition coefficient (Wildman–Crippen LogP) is -0.718. The Hall–Kier alpha value is -1.16. The monoisotopic (exact) mass is 309 g/mol. The van der Waals surface area contributed by atoms with Crippen molar-refractivity contribution < 1.29 is 23.4 Å². The van der Waals surface area contributed by atoms with Crippen molar-refractivity contribution in [3.05, 3.63) is 11.2 Å². The summed E-state index contributed by atoms with van der Waals surface area (Å²) in [6, 6.07) is -1.30. The van der Waals surface area contributed by atoms with Crippen molar-refractivity contribution in [2.75, 3.05) is 6.54 Å². The summed E-state index contributed by atoms with van der Waals surface area (Å²) in [5, 5.41) is 21.9. The third kappa shape index (κ3) is 2.34. The molecule has 10 heteroatoms. The van der Waals surface area contributed by atoms with Gasteiger partial charge in [-0.05, 0) is 0 Å². The summed E-state index contributed by atoms with van der Waals surface area (Å²) in [5.41, 5.74) is 0. The quantitative estimate of drug-likeness (QED) is 0.762. The number of rotatable bonds is 3. The van der Waals surface area contributed by atoms with Crippen molar-refractivity contribution in [1.82, 2.24) is 14.1 Å².